The number of nitrogens with zero attached hydrogens (tertiary/aromatic N) is 3. The number of aliphatic imine (C=N–C) groups is 1. The molecule has 1 aromatic carbocycles. The van der Waals surface area contributed by atoms with E-state index in [0.717, 1.165) is 38.4 Å². The van der Waals surface area contributed by atoms with Gasteiger partial charge in [0, 0.05) is 13.1 Å². The van der Waals surface area contributed by atoms with E-state index in [1.165, 1.54) is 37.1 Å². The van der Waals surface area contributed by atoms with Gasteiger partial charge in [0.15, 0.2) is 5.96 Å². The molecule has 2 N–H and O–H groups in total. The third kappa shape index (κ3) is 6.55. The van der Waals surface area contributed by atoms with Crippen LogP contribution in [0.5, 0.6) is 5.75 Å². The van der Waals surface area contributed by atoms with Crippen LogP contribution in [0.1, 0.15) is 25.7 Å². The summed E-state index contributed by atoms with van der Waals surface area (Å²) in [6, 6.07) is 5.79. The number of likely N-dealkylation sites (tertiary alicyclic amines) is 1. The number of ether oxygens (including phenoxy) is 1. The third-order valence-electron chi connectivity index (χ3n) is 4.21. The summed E-state index contributed by atoms with van der Waals surface area (Å²) in [6.45, 7) is 2.54. The second-order valence-electron chi connectivity index (χ2n) is 6.71. The van der Waals surface area contributed by atoms with E-state index in [1.54, 1.807) is 0 Å². The zero-order valence-electron chi connectivity index (χ0n) is 16.2. The molecule has 0 unspecified atom stereocenters. The molecular formula is C17H28N4O5S2. The van der Waals surface area contributed by atoms with Crippen molar-refractivity contribution in [2.75, 3.05) is 42.5 Å². The molecule has 28 heavy (non-hydrogen) atoms. The van der Waals surface area contributed by atoms with E-state index in [2.05, 4.69) is 9.89 Å². The molecule has 0 spiro atoms. The molecule has 0 bridgehead atoms. The SMILES string of the molecule is CS(=O)(=O)N(c1ccc(OCCN=C(N)N2CCCCCC2)cc1)S(C)(=O)=O. The van der Waals surface area contributed by atoms with Crippen LogP contribution in [-0.4, -0.2) is 66.4 Å². The van der Waals surface area contributed by atoms with Crippen LogP contribution in [0.2, 0.25) is 0 Å². The van der Waals surface area contributed by atoms with Crippen molar-refractivity contribution in [3.63, 3.8) is 0 Å². The van der Waals surface area contributed by atoms with Crippen molar-refractivity contribution >= 4 is 31.7 Å². The Kier molecular flexibility index (Phi) is 7.53. The van der Waals surface area contributed by atoms with Crippen molar-refractivity contribution in [1.29, 1.82) is 0 Å². The lowest BCUT2D eigenvalue weighted by atomic mass is 10.2. The lowest BCUT2D eigenvalue weighted by Crippen LogP contribution is -2.38. The van der Waals surface area contributed by atoms with Gasteiger partial charge in [0.05, 0.1) is 24.7 Å². The first-order chi connectivity index (χ1) is 13.1. The van der Waals surface area contributed by atoms with E-state index >= 15 is 0 Å². The Morgan fingerprint density at radius 3 is 2.07 bits per heavy atom. The predicted octanol–water partition coefficient (Wildman–Crippen LogP) is 0.982. The first-order valence-corrected chi connectivity index (χ1v) is 12.8. The first-order valence-electron chi connectivity index (χ1n) is 9.07. The van der Waals surface area contributed by atoms with E-state index in [-0.39, 0.29) is 5.69 Å². The summed E-state index contributed by atoms with van der Waals surface area (Å²) in [5.74, 6) is 1.01. The van der Waals surface area contributed by atoms with Crippen LogP contribution in [-0.2, 0) is 20.0 Å². The highest BCUT2D eigenvalue weighted by Gasteiger charge is 2.27. The monoisotopic (exact) mass is 432 g/mol. The minimum atomic E-state index is -3.96. The summed E-state index contributed by atoms with van der Waals surface area (Å²) in [7, 11) is -7.93. The van der Waals surface area contributed by atoms with Gasteiger partial charge in [-0.2, -0.15) is 3.71 Å². The Bertz CT molecular complexity index is 843. The molecular weight excluding hydrogens is 404 g/mol. The first kappa shape index (κ1) is 22.3. The molecule has 0 aliphatic carbocycles. The van der Waals surface area contributed by atoms with Crippen molar-refractivity contribution in [2.24, 2.45) is 10.7 Å². The minimum Gasteiger partial charge on any atom is -0.492 e. The van der Waals surface area contributed by atoms with Gasteiger partial charge in [-0.1, -0.05) is 12.8 Å². The highest BCUT2D eigenvalue weighted by Crippen LogP contribution is 2.24. The van der Waals surface area contributed by atoms with E-state index in [9.17, 15) is 16.8 Å². The predicted molar refractivity (Wildman–Crippen MR) is 111 cm³/mol. The molecule has 0 aromatic heterocycles. The Morgan fingerprint density at radius 2 is 1.57 bits per heavy atom. The Morgan fingerprint density at radius 1 is 1.04 bits per heavy atom. The van der Waals surface area contributed by atoms with Gasteiger partial charge in [0.2, 0.25) is 20.0 Å². The summed E-state index contributed by atoms with van der Waals surface area (Å²) < 4.78 is 53.1. The lowest BCUT2D eigenvalue weighted by Gasteiger charge is -2.21. The number of benzene rings is 1. The largest absolute Gasteiger partial charge is 0.492 e. The van der Waals surface area contributed by atoms with E-state index in [4.69, 9.17) is 10.5 Å². The van der Waals surface area contributed by atoms with Gasteiger partial charge in [0.25, 0.3) is 0 Å². The molecule has 1 heterocycles. The molecule has 1 aromatic rings. The summed E-state index contributed by atoms with van der Waals surface area (Å²) in [5.41, 5.74) is 6.06. The Labute approximate surface area is 167 Å². The maximum Gasteiger partial charge on any atom is 0.245 e. The summed E-state index contributed by atoms with van der Waals surface area (Å²) >= 11 is 0. The smallest absolute Gasteiger partial charge is 0.245 e. The van der Waals surface area contributed by atoms with Gasteiger partial charge in [-0.05, 0) is 37.1 Å². The van der Waals surface area contributed by atoms with Crippen LogP contribution in [0.3, 0.4) is 0 Å². The number of hydrogen-bond donors (Lipinski definition) is 1. The molecule has 0 atom stereocenters. The Balaban J connectivity index is 1.93. The van der Waals surface area contributed by atoms with Gasteiger partial charge in [-0.15, -0.1) is 0 Å². The van der Waals surface area contributed by atoms with Crippen LogP contribution < -0.4 is 14.2 Å². The molecule has 2 rings (SSSR count). The number of guanidine groups is 1. The minimum absolute atomic E-state index is 0.0285. The van der Waals surface area contributed by atoms with Gasteiger partial charge < -0.3 is 15.4 Å². The zero-order valence-corrected chi connectivity index (χ0v) is 17.9. The maximum atomic E-state index is 11.8. The summed E-state index contributed by atoms with van der Waals surface area (Å²) in [6.07, 6.45) is 6.36. The highest BCUT2D eigenvalue weighted by molar-refractivity contribution is 8.09. The van der Waals surface area contributed by atoms with E-state index < -0.39 is 20.0 Å². The molecule has 158 valence electrons. The summed E-state index contributed by atoms with van der Waals surface area (Å²) in [4.78, 5) is 6.43. The number of rotatable bonds is 7. The Hall–Kier alpha value is -2.01. The van der Waals surface area contributed by atoms with Gasteiger partial charge in [-0.3, -0.25) is 0 Å². The molecule has 0 amide bonds. The van der Waals surface area contributed by atoms with Gasteiger partial charge in [-0.25, -0.2) is 21.8 Å². The topological polar surface area (TPSA) is 122 Å². The molecule has 1 fully saturated rings. The third-order valence-corrected chi connectivity index (χ3v) is 7.47. The van der Waals surface area contributed by atoms with Crippen molar-refractivity contribution in [3.8, 4) is 5.75 Å². The van der Waals surface area contributed by atoms with Crippen molar-refractivity contribution in [1.82, 2.24) is 4.90 Å². The molecule has 0 saturated carbocycles. The fourth-order valence-electron chi connectivity index (χ4n) is 3.02. The van der Waals surface area contributed by atoms with Crippen LogP contribution in [0, 0.1) is 0 Å². The maximum absolute atomic E-state index is 11.8. The average molecular weight is 433 g/mol. The van der Waals surface area contributed by atoms with Crippen LogP contribution in [0.15, 0.2) is 29.3 Å². The fourth-order valence-corrected chi connectivity index (χ4v) is 5.99. The fraction of sp³-hybridized carbons (Fsp3) is 0.588. The molecule has 1 aliphatic rings. The van der Waals surface area contributed by atoms with Crippen LogP contribution in [0.4, 0.5) is 5.69 Å². The van der Waals surface area contributed by atoms with E-state index in [0.29, 0.717) is 28.6 Å². The average Bonchev–Trinajstić information content (AvgIpc) is 2.87. The second kappa shape index (κ2) is 9.46. The molecule has 1 saturated heterocycles. The second-order valence-corrected chi connectivity index (χ2v) is 10.6. The zero-order chi connectivity index (χ0) is 20.8. The summed E-state index contributed by atoms with van der Waals surface area (Å²) in [5, 5.41) is 0. The van der Waals surface area contributed by atoms with Crippen molar-refractivity contribution in [2.45, 2.75) is 25.7 Å². The number of anilines is 1. The number of nitrogens with two attached hydrogens (primary N) is 1. The van der Waals surface area contributed by atoms with E-state index in [1.807, 2.05) is 0 Å². The van der Waals surface area contributed by atoms with Crippen molar-refractivity contribution in [3.05, 3.63) is 24.3 Å². The molecule has 1 aliphatic heterocycles. The van der Waals surface area contributed by atoms with Crippen molar-refractivity contribution < 1.29 is 21.6 Å². The quantitative estimate of drug-likeness (QED) is 0.387. The van der Waals surface area contributed by atoms with Gasteiger partial charge in [0.1, 0.15) is 12.4 Å². The number of hydrogen-bond acceptors (Lipinski definition) is 6. The number of sulfonamides is 2. The highest BCUT2D eigenvalue weighted by atomic mass is 32.3. The molecule has 9 nitrogen and oxygen atoms in total. The van der Waals surface area contributed by atoms with Gasteiger partial charge >= 0.3 is 0 Å². The lowest BCUT2D eigenvalue weighted by molar-refractivity contribution is 0.327. The standard InChI is InChI=1S/C17H28N4O5S2/c1-27(22,23)21(28(2,24)25)15-7-9-16(10-8-15)26-14-11-19-17(18)20-12-5-3-4-6-13-20/h7-10H,3-6,11-14H2,1-2H3,(H2,18,19). The normalized spacial score (nSPS) is 16.5. The van der Waals surface area contributed by atoms with Crippen LogP contribution >= 0.6 is 0 Å². The molecule has 11 heteroatoms. The molecule has 0 radical (unpaired) electrons. The van der Waals surface area contributed by atoms with Crippen LogP contribution in [0.25, 0.3) is 0 Å².